The molecule has 606 valence electrons. The number of amides is 8. The number of hydrogen-bond acceptors (Lipinski definition) is 34. The van der Waals surface area contributed by atoms with E-state index in [1.807, 2.05) is 0 Å². The second-order valence-corrected chi connectivity index (χ2v) is 34.9. The van der Waals surface area contributed by atoms with Crippen LogP contribution in [0, 0.1) is 27.7 Å². The number of nitrogens with zero attached hydrogens (tertiary/aromatic N) is 10. The molecule has 0 bridgehead atoms. The third kappa shape index (κ3) is 24.2. The molecule has 0 saturated heterocycles. The molecule has 46 nitrogen and oxygen atoms in total. The zero-order chi connectivity index (χ0) is 84.7. The quantitative estimate of drug-likeness (QED) is 0.0126. The van der Waals surface area contributed by atoms with Crippen molar-refractivity contribution in [3.8, 4) is 11.1 Å². The molecule has 0 radical (unpaired) electrons. The number of hydrogen-bond donors (Lipinski definition) is 14. The summed E-state index contributed by atoms with van der Waals surface area (Å²) < 4.78 is 194. The van der Waals surface area contributed by atoms with Crippen LogP contribution in [0.5, 0.6) is 0 Å². The number of nitrogens with one attached hydrogen (secondary N) is 6. The topological polar surface area (TPSA) is 758 Å². The Morgan fingerprint density at radius 2 is 0.474 bits per heavy atom. The van der Waals surface area contributed by atoms with Crippen molar-refractivity contribution in [2.45, 2.75) is 57.1 Å². The van der Waals surface area contributed by atoms with Gasteiger partial charge in [-0.25, -0.2) is 50.5 Å². The average Bonchev–Trinajstić information content (AvgIpc) is 0.766. The molecular formula is C62H68N24Na2O22S6. The molecule has 8 rings (SSSR count). The van der Waals surface area contributed by atoms with E-state index in [1.54, 1.807) is 0 Å². The van der Waals surface area contributed by atoms with Crippen molar-refractivity contribution in [1.29, 1.82) is 0 Å². The number of benzene rings is 6. The summed E-state index contributed by atoms with van der Waals surface area (Å²) in [5.74, 6) is -12.5. The van der Waals surface area contributed by atoms with Crippen molar-refractivity contribution in [3.63, 3.8) is 0 Å². The van der Waals surface area contributed by atoms with E-state index in [-0.39, 0.29) is 115 Å². The SMILES string of the molecule is Cc1ccc(S(=O)(=O)N(CC(N)=O)CC(N)=O)cc1Nc1nc(Nc2ccc(-c3ccc(Nc4nc(Nc5cc(S(=O)(=O)N(CC(N)=O)CC(N)=O)ccc5C)nc(Nc5cc(S(=O)(=O)N(CC(N)=O)CC(N)=O)ccc5C)n4)cc3S(=O)(=O)[O-])c(S(=O)(=O)[O-])c2)nc(Nc2cc(S(=O)(=O)N(CC(N)=O)CC(N)=O)ccc2C)n1.[Na+].[Na+]. The largest absolute Gasteiger partial charge is 1.00 e. The Bertz CT molecular complexity index is 5330. The van der Waals surface area contributed by atoms with Gasteiger partial charge < -0.3 is 86.9 Å². The average molecular weight is 1740 g/mol. The van der Waals surface area contributed by atoms with E-state index >= 15 is 0 Å². The fraction of sp³-hybridized carbons (Fsp3) is 0.194. The first-order chi connectivity index (χ1) is 52.9. The molecule has 6 aromatic carbocycles. The second-order valence-electron chi connectivity index (χ2n) is 24.4. The minimum atomic E-state index is -5.79. The number of aromatic nitrogens is 6. The molecule has 22 N–H and O–H groups in total. The minimum absolute atomic E-state index is 0. The molecule has 0 atom stereocenters. The number of anilines is 12. The first-order valence-electron chi connectivity index (χ1n) is 32.0. The Labute approximate surface area is 705 Å². The number of nitrogens with two attached hydrogens (primary N) is 8. The maximum atomic E-state index is 13.9. The number of primary amides is 8. The summed E-state index contributed by atoms with van der Waals surface area (Å²) in [4.78, 5) is 117. The Hall–Kier alpha value is -10.6. The van der Waals surface area contributed by atoms with Gasteiger partial charge in [-0.3, -0.25) is 38.4 Å². The van der Waals surface area contributed by atoms with Gasteiger partial charge in [-0.2, -0.15) is 47.1 Å². The van der Waals surface area contributed by atoms with Gasteiger partial charge in [-0.15, -0.1) is 0 Å². The van der Waals surface area contributed by atoms with Gasteiger partial charge in [0.05, 0.1) is 81.7 Å². The zero-order valence-electron chi connectivity index (χ0n) is 61.6. The van der Waals surface area contributed by atoms with Crippen LogP contribution in [0.4, 0.5) is 69.8 Å². The van der Waals surface area contributed by atoms with Crippen molar-refractivity contribution >= 4 is 177 Å². The third-order valence-corrected chi connectivity index (χ3v) is 24.5. The summed E-state index contributed by atoms with van der Waals surface area (Å²) in [5, 5.41) is 16.5. The Morgan fingerprint density at radius 1 is 0.293 bits per heavy atom. The molecule has 0 spiro atoms. The molecule has 0 saturated carbocycles. The first kappa shape index (κ1) is 94.2. The smallest absolute Gasteiger partial charge is 0.744 e. The van der Waals surface area contributed by atoms with Crippen molar-refractivity contribution < 1.29 is 157 Å². The zero-order valence-corrected chi connectivity index (χ0v) is 70.5. The van der Waals surface area contributed by atoms with E-state index in [9.17, 15) is 98.0 Å². The van der Waals surface area contributed by atoms with Gasteiger partial charge in [0.15, 0.2) is 0 Å². The van der Waals surface area contributed by atoms with Crippen LogP contribution < -0.4 is 137 Å². The molecule has 0 unspecified atom stereocenters. The van der Waals surface area contributed by atoms with Crippen molar-refractivity contribution in [2.75, 3.05) is 84.3 Å². The molecule has 0 aliphatic heterocycles. The molecule has 2 heterocycles. The van der Waals surface area contributed by atoms with E-state index in [0.29, 0.717) is 29.4 Å². The van der Waals surface area contributed by atoms with Gasteiger partial charge in [0.2, 0.25) is 123 Å². The summed E-state index contributed by atoms with van der Waals surface area (Å²) in [7, 11) is -30.6. The molecule has 8 aromatic rings. The third-order valence-electron chi connectivity index (χ3n) is 15.6. The monoisotopic (exact) mass is 1740 g/mol. The van der Waals surface area contributed by atoms with Gasteiger partial charge in [0.1, 0.15) is 20.2 Å². The van der Waals surface area contributed by atoms with Crippen molar-refractivity contribution in [1.82, 2.24) is 47.1 Å². The summed E-state index contributed by atoms with van der Waals surface area (Å²) in [6, 6.07) is 18.9. The number of carbonyl (C=O) groups is 8. The maximum Gasteiger partial charge on any atom is 1.00 e. The molecule has 8 amide bonds. The number of aryl methyl sites for hydroxylation is 4. The number of sulfonamides is 4. The van der Waals surface area contributed by atoms with Crippen molar-refractivity contribution in [2.24, 2.45) is 45.9 Å². The van der Waals surface area contributed by atoms with Crippen LogP contribution in [-0.2, 0) is 98.7 Å². The molecule has 116 heavy (non-hydrogen) atoms. The molecule has 0 aliphatic carbocycles. The first-order valence-corrected chi connectivity index (χ1v) is 40.5. The predicted octanol–water partition coefficient (Wildman–Crippen LogP) is -8.92. The van der Waals surface area contributed by atoms with E-state index in [4.69, 9.17) is 45.9 Å². The summed E-state index contributed by atoms with van der Waals surface area (Å²) in [6.45, 7) is -1.96. The maximum absolute atomic E-state index is 13.9. The van der Waals surface area contributed by atoms with Crippen LogP contribution in [0.2, 0.25) is 0 Å². The molecule has 0 fully saturated rings. The van der Waals surface area contributed by atoms with E-state index in [1.165, 1.54) is 52.0 Å². The second kappa shape index (κ2) is 38.0. The standard InChI is InChI=1S/C62H70N24O22S6.2Na/c1-31-5-11-37(109(95,96)83(23-49(63)87)24-50(64)88)19-43(31)73-59-77-57(78-60(81-59)74-44-20-38(12-6-32(44)2)110(97,98)84(25-51(65)89)26-52(66)90)71-35-9-15-41(47(17-35)113(103,104)105)42-16-10-36(18-48(42)114(106,107)108)72-58-79-61(75-45-21-39(13-7-33(45)3)111(99,100)85(27-53(67)91)28-54(68)92)82-62(80-58)76-46-22-40(14-8-34(46)4)112(101,102)86(29-55(69)93)30-56(70)94;;/h5-22H,23-30H2,1-4H3,(H2,63,87)(H2,64,88)(H2,65,89)(H2,66,90)(H2,67,91)(H2,68,92)(H2,69,93)(H2,70,94)(H,103,104,105)(H,106,107,108)(H3,71,73,74,77,78,81)(H3,72,75,76,79,80,82);;/q;2*+1/p-2. The van der Waals surface area contributed by atoms with E-state index in [0.717, 1.165) is 72.8 Å². The van der Waals surface area contributed by atoms with Gasteiger partial charge in [0.25, 0.3) is 0 Å². The van der Waals surface area contributed by atoms with Crippen LogP contribution in [0.1, 0.15) is 22.3 Å². The number of rotatable bonds is 39. The van der Waals surface area contributed by atoms with Crippen LogP contribution in [0.15, 0.2) is 139 Å². The van der Waals surface area contributed by atoms with Gasteiger partial charge >= 0.3 is 59.1 Å². The van der Waals surface area contributed by atoms with Crippen LogP contribution in [0.3, 0.4) is 0 Å². The molecular weight excluding hydrogens is 1670 g/mol. The number of carbonyl (C=O) groups excluding carboxylic acids is 8. The van der Waals surface area contributed by atoms with Crippen LogP contribution in [0.25, 0.3) is 11.1 Å². The Balaban J connectivity index is 0.0000105. The fourth-order valence-electron chi connectivity index (χ4n) is 10.4. The Kier molecular flexibility index (Phi) is 30.8. The van der Waals surface area contributed by atoms with Gasteiger partial charge in [0, 0.05) is 45.3 Å². The van der Waals surface area contributed by atoms with Gasteiger partial charge in [-0.1, -0.05) is 36.4 Å². The summed E-state index contributed by atoms with van der Waals surface area (Å²) in [5.41, 5.74) is 40.8. The van der Waals surface area contributed by atoms with E-state index in [2.05, 4.69) is 61.8 Å². The van der Waals surface area contributed by atoms with E-state index < -0.39 is 236 Å². The predicted molar refractivity (Wildman–Crippen MR) is 400 cm³/mol. The molecule has 2 aromatic heterocycles. The summed E-state index contributed by atoms with van der Waals surface area (Å²) >= 11 is 0. The van der Waals surface area contributed by atoms with Gasteiger partial charge in [-0.05, 0) is 123 Å². The van der Waals surface area contributed by atoms with Crippen LogP contribution in [-0.4, -0.2) is 206 Å². The fourth-order valence-corrected chi connectivity index (χ4v) is 17.4. The summed E-state index contributed by atoms with van der Waals surface area (Å²) in [6.07, 6.45) is 0. The van der Waals surface area contributed by atoms with Crippen LogP contribution >= 0.6 is 0 Å². The minimum Gasteiger partial charge on any atom is -0.744 e. The Morgan fingerprint density at radius 3 is 0.647 bits per heavy atom. The molecule has 0 aliphatic rings. The normalized spacial score (nSPS) is 11.9. The molecule has 54 heteroatoms. The van der Waals surface area contributed by atoms with Crippen molar-refractivity contribution in [3.05, 3.63) is 131 Å².